The molecule has 0 aliphatic heterocycles. The van der Waals surface area contributed by atoms with Crippen LogP contribution in [0.25, 0.3) is 0 Å². The van der Waals surface area contributed by atoms with Gasteiger partial charge in [0.05, 0.1) is 10.6 Å². The highest BCUT2D eigenvalue weighted by molar-refractivity contribution is 7.92. The summed E-state index contributed by atoms with van der Waals surface area (Å²) < 4.78 is 42.9. The van der Waals surface area contributed by atoms with E-state index >= 15 is 0 Å². The van der Waals surface area contributed by atoms with Crippen molar-refractivity contribution in [3.8, 4) is 0 Å². The highest BCUT2D eigenvalue weighted by Gasteiger charge is 2.33. The highest BCUT2D eigenvalue weighted by Crippen LogP contribution is 2.27. The Morgan fingerprint density at radius 1 is 0.944 bits per heavy atom. The number of carbonyl (C=O) groups excluding carboxylic acids is 2. The molecule has 190 valence electrons. The molecule has 0 bridgehead atoms. The van der Waals surface area contributed by atoms with E-state index in [1.54, 1.807) is 19.1 Å². The summed E-state index contributed by atoms with van der Waals surface area (Å²) in [7, 11) is -2.85. The molecule has 3 aromatic carbocycles. The molecule has 1 atom stereocenters. The molecule has 7 nitrogen and oxygen atoms in total. The summed E-state index contributed by atoms with van der Waals surface area (Å²) in [4.78, 5) is 27.4. The lowest BCUT2D eigenvalue weighted by Crippen LogP contribution is -2.51. The molecule has 0 radical (unpaired) electrons. The Kier molecular flexibility index (Phi) is 8.47. The van der Waals surface area contributed by atoms with Crippen LogP contribution in [0.2, 0.25) is 0 Å². The number of rotatable bonds is 9. The Morgan fingerprint density at radius 2 is 1.56 bits per heavy atom. The van der Waals surface area contributed by atoms with E-state index in [9.17, 15) is 22.4 Å². The molecule has 1 N–H and O–H groups in total. The summed E-state index contributed by atoms with van der Waals surface area (Å²) >= 11 is 0. The Balaban J connectivity index is 2.06. The van der Waals surface area contributed by atoms with Gasteiger partial charge in [0, 0.05) is 13.6 Å². The topological polar surface area (TPSA) is 86.8 Å². The first-order chi connectivity index (χ1) is 17.1. The number of likely N-dealkylation sites (N-methyl/N-ethyl adjacent to an activating group) is 1. The third-order valence-corrected chi connectivity index (χ3v) is 7.80. The van der Waals surface area contributed by atoms with Crippen molar-refractivity contribution >= 4 is 27.5 Å². The second-order valence-corrected chi connectivity index (χ2v) is 10.4. The zero-order valence-corrected chi connectivity index (χ0v) is 21.5. The van der Waals surface area contributed by atoms with Crippen molar-refractivity contribution in [1.29, 1.82) is 0 Å². The van der Waals surface area contributed by atoms with Crippen molar-refractivity contribution < 1.29 is 22.4 Å². The van der Waals surface area contributed by atoms with E-state index in [0.29, 0.717) is 0 Å². The average Bonchev–Trinajstić information content (AvgIpc) is 2.86. The number of amides is 2. The number of aryl methyl sites for hydroxylation is 2. The van der Waals surface area contributed by atoms with Gasteiger partial charge in [0.15, 0.2) is 0 Å². The maximum absolute atomic E-state index is 14.8. The molecule has 0 spiro atoms. The van der Waals surface area contributed by atoms with E-state index in [0.717, 1.165) is 27.1 Å². The fraction of sp³-hybridized carbons (Fsp3) is 0.259. The summed E-state index contributed by atoms with van der Waals surface area (Å²) in [5, 5.41) is 2.53. The van der Waals surface area contributed by atoms with Crippen molar-refractivity contribution in [2.45, 2.75) is 38.3 Å². The lowest BCUT2D eigenvalue weighted by Gasteiger charge is -2.32. The summed E-state index contributed by atoms with van der Waals surface area (Å²) in [6.07, 6.45) is 0. The largest absolute Gasteiger partial charge is 0.357 e. The molecule has 3 rings (SSSR count). The van der Waals surface area contributed by atoms with Gasteiger partial charge in [-0.05, 0) is 56.2 Å². The number of halogens is 1. The summed E-state index contributed by atoms with van der Waals surface area (Å²) in [6.45, 7) is 4.66. The molecule has 9 heteroatoms. The molecule has 0 saturated heterocycles. The summed E-state index contributed by atoms with van der Waals surface area (Å²) in [5.74, 6) is -1.84. The van der Waals surface area contributed by atoms with Crippen LogP contribution in [0.1, 0.15) is 23.6 Å². The van der Waals surface area contributed by atoms with Crippen LogP contribution < -0.4 is 9.62 Å². The van der Waals surface area contributed by atoms with Gasteiger partial charge >= 0.3 is 0 Å². The van der Waals surface area contributed by atoms with Crippen LogP contribution in [-0.4, -0.2) is 44.8 Å². The van der Waals surface area contributed by atoms with Crippen LogP contribution >= 0.6 is 0 Å². The lowest BCUT2D eigenvalue weighted by molar-refractivity contribution is -0.139. The van der Waals surface area contributed by atoms with Gasteiger partial charge in [-0.2, -0.15) is 0 Å². The molecule has 0 saturated carbocycles. The minimum atomic E-state index is -4.31. The van der Waals surface area contributed by atoms with Crippen LogP contribution in [-0.2, 0) is 26.2 Å². The van der Waals surface area contributed by atoms with Crippen molar-refractivity contribution in [1.82, 2.24) is 10.2 Å². The number of para-hydroxylation sites is 1. The fourth-order valence-corrected chi connectivity index (χ4v) is 5.19. The SMILES string of the molecule is CNC(=O)C(C)N(Cc1ccccc1C)C(=O)CN(c1ccccc1F)S(=O)(=O)c1ccc(C)cc1. The van der Waals surface area contributed by atoms with Gasteiger partial charge in [-0.15, -0.1) is 0 Å². The number of anilines is 1. The Morgan fingerprint density at radius 3 is 2.17 bits per heavy atom. The van der Waals surface area contributed by atoms with Gasteiger partial charge in [-0.1, -0.05) is 54.1 Å². The van der Waals surface area contributed by atoms with E-state index in [1.165, 1.54) is 42.3 Å². The molecule has 1 unspecified atom stereocenters. The first-order valence-corrected chi connectivity index (χ1v) is 12.9. The van der Waals surface area contributed by atoms with Gasteiger partial charge in [0.25, 0.3) is 10.0 Å². The predicted molar refractivity (Wildman–Crippen MR) is 137 cm³/mol. The van der Waals surface area contributed by atoms with Gasteiger partial charge < -0.3 is 10.2 Å². The third kappa shape index (κ3) is 5.91. The van der Waals surface area contributed by atoms with Gasteiger partial charge in [-0.25, -0.2) is 12.8 Å². The second-order valence-electron chi connectivity index (χ2n) is 8.51. The van der Waals surface area contributed by atoms with Gasteiger partial charge in [-0.3, -0.25) is 13.9 Å². The number of carbonyl (C=O) groups is 2. The van der Waals surface area contributed by atoms with E-state index in [4.69, 9.17) is 0 Å². The number of benzene rings is 3. The number of hydrogen-bond acceptors (Lipinski definition) is 4. The highest BCUT2D eigenvalue weighted by atomic mass is 32.2. The average molecular weight is 512 g/mol. The smallest absolute Gasteiger partial charge is 0.264 e. The maximum Gasteiger partial charge on any atom is 0.264 e. The zero-order chi connectivity index (χ0) is 26.5. The third-order valence-electron chi connectivity index (χ3n) is 6.02. The number of sulfonamides is 1. The summed E-state index contributed by atoms with van der Waals surface area (Å²) in [6, 6.07) is 18.0. The van der Waals surface area contributed by atoms with Crippen molar-refractivity contribution in [2.75, 3.05) is 17.9 Å². The number of hydrogen-bond donors (Lipinski definition) is 1. The Labute approximate surface area is 211 Å². The van der Waals surface area contributed by atoms with E-state index < -0.39 is 40.2 Å². The fourth-order valence-electron chi connectivity index (χ4n) is 3.77. The molecule has 0 heterocycles. The zero-order valence-electron chi connectivity index (χ0n) is 20.7. The Hall–Kier alpha value is -3.72. The molecule has 0 aliphatic carbocycles. The minimum absolute atomic E-state index is 0.0750. The first kappa shape index (κ1) is 26.9. The lowest BCUT2D eigenvalue weighted by atomic mass is 10.1. The standard InChI is InChI=1S/C27H30FN3O4S/c1-19-13-15-23(16-14-19)36(34,35)31(25-12-8-7-11-24(25)28)18-26(32)30(21(3)27(33)29-4)17-22-10-6-5-9-20(22)2/h5-16,21H,17-18H2,1-4H3,(H,29,33). The minimum Gasteiger partial charge on any atom is -0.357 e. The van der Waals surface area contributed by atoms with Crippen LogP contribution in [0.4, 0.5) is 10.1 Å². The van der Waals surface area contributed by atoms with E-state index in [1.807, 2.05) is 38.1 Å². The second kappa shape index (κ2) is 11.3. The Bertz CT molecular complexity index is 1340. The maximum atomic E-state index is 14.8. The van der Waals surface area contributed by atoms with Gasteiger partial charge in [0.1, 0.15) is 18.4 Å². The molecule has 0 fully saturated rings. The van der Waals surface area contributed by atoms with Crippen LogP contribution in [0.15, 0.2) is 77.7 Å². The van der Waals surface area contributed by atoms with Gasteiger partial charge in [0.2, 0.25) is 11.8 Å². The molecular formula is C27H30FN3O4S. The quantitative estimate of drug-likeness (QED) is 0.474. The molecule has 3 aromatic rings. The monoisotopic (exact) mass is 511 g/mol. The number of nitrogens with zero attached hydrogens (tertiary/aromatic N) is 2. The molecule has 0 aliphatic rings. The van der Waals surface area contributed by atoms with Crippen molar-refractivity contribution in [2.24, 2.45) is 0 Å². The first-order valence-electron chi connectivity index (χ1n) is 11.5. The van der Waals surface area contributed by atoms with Crippen LogP contribution in [0.5, 0.6) is 0 Å². The van der Waals surface area contributed by atoms with Crippen LogP contribution in [0, 0.1) is 19.7 Å². The normalized spacial score (nSPS) is 12.0. The van der Waals surface area contributed by atoms with E-state index in [-0.39, 0.29) is 17.1 Å². The van der Waals surface area contributed by atoms with E-state index in [2.05, 4.69) is 5.32 Å². The predicted octanol–water partition coefficient (Wildman–Crippen LogP) is 3.80. The molecule has 36 heavy (non-hydrogen) atoms. The molecular weight excluding hydrogens is 481 g/mol. The van der Waals surface area contributed by atoms with Crippen LogP contribution in [0.3, 0.4) is 0 Å². The molecule has 0 aromatic heterocycles. The summed E-state index contributed by atoms with van der Waals surface area (Å²) in [5.41, 5.74) is 2.32. The molecule has 2 amide bonds. The van der Waals surface area contributed by atoms with Crippen molar-refractivity contribution in [3.63, 3.8) is 0 Å². The number of nitrogens with one attached hydrogen (secondary N) is 1. The van der Waals surface area contributed by atoms with Crippen molar-refractivity contribution in [3.05, 3.63) is 95.3 Å².